The fourth-order valence-corrected chi connectivity index (χ4v) is 3.62. The van der Waals surface area contributed by atoms with Crippen molar-refractivity contribution in [3.63, 3.8) is 0 Å². The molecule has 23 heavy (non-hydrogen) atoms. The maximum Gasteiger partial charge on any atom is -0.00976 e. The standard InChI is InChI=1S/C23H26/c1-23(2,22-15-7-4-8-16-22)18-21(17-19-11-9-10-12-19)20-13-5-3-6-14-20/h3-11,13-16,21H,12,17-18H2,1-2H3. The first kappa shape index (κ1) is 15.8. The van der Waals surface area contributed by atoms with Crippen LogP contribution in [0.25, 0.3) is 0 Å². The third-order valence-corrected chi connectivity index (χ3v) is 4.94. The number of hydrogen-bond acceptors (Lipinski definition) is 0. The van der Waals surface area contributed by atoms with Crippen LogP contribution in [0.2, 0.25) is 0 Å². The van der Waals surface area contributed by atoms with E-state index in [1.54, 1.807) is 5.57 Å². The van der Waals surface area contributed by atoms with Crippen LogP contribution in [0.3, 0.4) is 0 Å². The maximum absolute atomic E-state index is 2.37. The molecule has 0 heterocycles. The Morgan fingerprint density at radius 2 is 1.57 bits per heavy atom. The van der Waals surface area contributed by atoms with E-state index in [4.69, 9.17) is 0 Å². The van der Waals surface area contributed by atoms with Crippen molar-refractivity contribution < 1.29 is 0 Å². The molecule has 1 aliphatic carbocycles. The van der Waals surface area contributed by atoms with E-state index >= 15 is 0 Å². The summed E-state index contributed by atoms with van der Waals surface area (Å²) in [6.07, 6.45) is 10.2. The SMILES string of the molecule is CC(C)(CC(CC1=CC=CC1)c1ccccc1)c1ccccc1. The van der Waals surface area contributed by atoms with Crippen molar-refractivity contribution in [1.82, 2.24) is 0 Å². The Labute approximate surface area is 140 Å². The highest BCUT2D eigenvalue weighted by atomic mass is 14.3. The van der Waals surface area contributed by atoms with Crippen molar-refractivity contribution in [2.75, 3.05) is 0 Å². The minimum Gasteiger partial charge on any atom is -0.0805 e. The number of benzene rings is 2. The van der Waals surface area contributed by atoms with Crippen LogP contribution >= 0.6 is 0 Å². The molecule has 0 bridgehead atoms. The van der Waals surface area contributed by atoms with Crippen LogP contribution in [0.1, 0.15) is 50.2 Å². The summed E-state index contributed by atoms with van der Waals surface area (Å²) in [4.78, 5) is 0. The van der Waals surface area contributed by atoms with Crippen LogP contribution in [-0.4, -0.2) is 0 Å². The van der Waals surface area contributed by atoms with Gasteiger partial charge in [0, 0.05) is 0 Å². The van der Waals surface area contributed by atoms with Gasteiger partial charge in [-0.1, -0.05) is 98.3 Å². The van der Waals surface area contributed by atoms with E-state index in [0.717, 1.165) is 12.8 Å². The lowest BCUT2D eigenvalue weighted by molar-refractivity contribution is 0.420. The molecule has 0 heteroatoms. The molecule has 0 saturated heterocycles. The lowest BCUT2D eigenvalue weighted by Gasteiger charge is -2.31. The molecule has 0 radical (unpaired) electrons. The second-order valence-electron chi connectivity index (χ2n) is 7.22. The van der Waals surface area contributed by atoms with Gasteiger partial charge in [0.25, 0.3) is 0 Å². The summed E-state index contributed by atoms with van der Waals surface area (Å²) in [5, 5.41) is 0. The van der Waals surface area contributed by atoms with Crippen molar-refractivity contribution in [3.05, 3.63) is 95.6 Å². The average molecular weight is 302 g/mol. The summed E-state index contributed by atoms with van der Waals surface area (Å²) < 4.78 is 0. The highest BCUT2D eigenvalue weighted by Crippen LogP contribution is 2.39. The van der Waals surface area contributed by atoms with Crippen LogP contribution in [-0.2, 0) is 5.41 Å². The Kier molecular flexibility index (Phi) is 4.81. The monoisotopic (exact) mass is 302 g/mol. The first-order valence-electron chi connectivity index (χ1n) is 8.60. The van der Waals surface area contributed by atoms with E-state index in [1.165, 1.54) is 17.5 Å². The van der Waals surface area contributed by atoms with Crippen LogP contribution in [0.15, 0.2) is 84.5 Å². The molecule has 2 aromatic carbocycles. The number of hydrogen-bond donors (Lipinski definition) is 0. The minimum atomic E-state index is 0.175. The van der Waals surface area contributed by atoms with Crippen molar-refractivity contribution in [2.24, 2.45) is 0 Å². The summed E-state index contributed by atoms with van der Waals surface area (Å²) in [6.45, 7) is 4.75. The Morgan fingerprint density at radius 1 is 0.913 bits per heavy atom. The van der Waals surface area contributed by atoms with E-state index in [9.17, 15) is 0 Å². The molecule has 2 aromatic rings. The third kappa shape index (κ3) is 4.01. The molecule has 1 aliphatic rings. The Bertz CT molecular complexity index is 674. The lowest BCUT2D eigenvalue weighted by Crippen LogP contribution is -2.21. The van der Waals surface area contributed by atoms with Gasteiger partial charge < -0.3 is 0 Å². The second kappa shape index (κ2) is 7.00. The molecular weight excluding hydrogens is 276 g/mol. The molecule has 3 rings (SSSR count). The largest absolute Gasteiger partial charge is 0.0805 e. The molecule has 118 valence electrons. The van der Waals surface area contributed by atoms with Gasteiger partial charge in [0.1, 0.15) is 0 Å². The summed E-state index contributed by atoms with van der Waals surface area (Å²) in [7, 11) is 0. The fraction of sp³-hybridized carbons (Fsp3) is 0.304. The van der Waals surface area contributed by atoms with Gasteiger partial charge in [0.15, 0.2) is 0 Å². The lowest BCUT2D eigenvalue weighted by atomic mass is 9.73. The predicted molar refractivity (Wildman–Crippen MR) is 99.7 cm³/mol. The Balaban J connectivity index is 1.83. The van der Waals surface area contributed by atoms with Gasteiger partial charge in [-0.2, -0.15) is 0 Å². The van der Waals surface area contributed by atoms with Crippen molar-refractivity contribution in [3.8, 4) is 0 Å². The summed E-state index contributed by atoms with van der Waals surface area (Å²) in [5.41, 5.74) is 4.63. The molecule has 0 spiro atoms. The zero-order valence-corrected chi connectivity index (χ0v) is 14.2. The number of allylic oxidation sites excluding steroid dienone is 4. The van der Waals surface area contributed by atoms with E-state index in [0.29, 0.717) is 5.92 Å². The maximum atomic E-state index is 2.37. The van der Waals surface area contributed by atoms with Gasteiger partial charge in [0.2, 0.25) is 0 Å². The van der Waals surface area contributed by atoms with Gasteiger partial charge >= 0.3 is 0 Å². The molecule has 0 aliphatic heterocycles. The summed E-state index contributed by atoms with van der Waals surface area (Å²) >= 11 is 0. The fourth-order valence-electron chi connectivity index (χ4n) is 3.62. The normalized spacial score (nSPS) is 15.5. The first-order valence-corrected chi connectivity index (χ1v) is 8.60. The molecule has 0 aromatic heterocycles. The Hall–Kier alpha value is -2.08. The molecule has 1 atom stereocenters. The van der Waals surface area contributed by atoms with Crippen molar-refractivity contribution >= 4 is 0 Å². The van der Waals surface area contributed by atoms with Crippen LogP contribution < -0.4 is 0 Å². The highest BCUT2D eigenvalue weighted by Gasteiger charge is 2.26. The van der Waals surface area contributed by atoms with Gasteiger partial charge in [0.05, 0.1) is 0 Å². The van der Waals surface area contributed by atoms with Crippen molar-refractivity contribution in [1.29, 1.82) is 0 Å². The highest BCUT2D eigenvalue weighted by molar-refractivity contribution is 5.30. The van der Waals surface area contributed by atoms with Gasteiger partial charge in [-0.15, -0.1) is 0 Å². The van der Waals surface area contributed by atoms with E-state index in [-0.39, 0.29) is 5.41 Å². The average Bonchev–Trinajstić information content (AvgIpc) is 3.09. The molecule has 0 saturated carbocycles. The molecule has 1 unspecified atom stereocenters. The van der Waals surface area contributed by atoms with E-state index in [2.05, 4.69) is 92.7 Å². The zero-order chi connectivity index (χ0) is 16.1. The smallest absolute Gasteiger partial charge is 0.00976 e. The molecule has 0 nitrogen and oxygen atoms in total. The van der Waals surface area contributed by atoms with Crippen molar-refractivity contribution in [2.45, 2.75) is 44.4 Å². The molecule has 0 amide bonds. The van der Waals surface area contributed by atoms with Gasteiger partial charge in [-0.05, 0) is 41.7 Å². The summed E-state index contributed by atoms with van der Waals surface area (Å²) in [5.74, 6) is 0.567. The van der Waals surface area contributed by atoms with Crippen LogP contribution in [0, 0.1) is 0 Å². The third-order valence-electron chi connectivity index (χ3n) is 4.94. The second-order valence-corrected chi connectivity index (χ2v) is 7.22. The summed E-state index contributed by atoms with van der Waals surface area (Å²) in [6, 6.07) is 21.9. The van der Waals surface area contributed by atoms with Gasteiger partial charge in [-0.25, -0.2) is 0 Å². The van der Waals surface area contributed by atoms with Crippen LogP contribution in [0.4, 0.5) is 0 Å². The predicted octanol–water partition coefficient (Wildman–Crippen LogP) is 6.41. The van der Waals surface area contributed by atoms with E-state index in [1.807, 2.05) is 0 Å². The Morgan fingerprint density at radius 3 is 2.17 bits per heavy atom. The van der Waals surface area contributed by atoms with Gasteiger partial charge in [-0.3, -0.25) is 0 Å². The minimum absolute atomic E-state index is 0.175. The first-order chi connectivity index (χ1) is 11.1. The van der Waals surface area contributed by atoms with Crippen LogP contribution in [0.5, 0.6) is 0 Å². The molecular formula is C23H26. The quantitative estimate of drug-likeness (QED) is 0.578. The molecule has 0 fully saturated rings. The topological polar surface area (TPSA) is 0 Å². The van der Waals surface area contributed by atoms with E-state index < -0.39 is 0 Å². The zero-order valence-electron chi connectivity index (χ0n) is 14.2. The molecule has 0 N–H and O–H groups in total. The number of rotatable bonds is 6.